The van der Waals surface area contributed by atoms with Gasteiger partial charge in [-0.05, 0) is 24.6 Å². The fourth-order valence-electron chi connectivity index (χ4n) is 2.55. The number of hydrogen-bond donors (Lipinski definition) is 1. The van der Waals surface area contributed by atoms with Crippen molar-refractivity contribution in [1.29, 1.82) is 0 Å². The van der Waals surface area contributed by atoms with E-state index in [1.165, 1.54) is 12.0 Å². The molecule has 0 spiro atoms. The summed E-state index contributed by atoms with van der Waals surface area (Å²) in [4.78, 5) is 25.6. The molecule has 2 heterocycles. The highest BCUT2D eigenvalue weighted by Gasteiger charge is 2.35. The average Bonchev–Trinajstić information content (AvgIpc) is 2.99. The van der Waals surface area contributed by atoms with Gasteiger partial charge >= 0.3 is 12.0 Å². The van der Waals surface area contributed by atoms with Crippen molar-refractivity contribution in [2.24, 2.45) is 0 Å². The van der Waals surface area contributed by atoms with Gasteiger partial charge in [0.05, 0.1) is 18.7 Å². The predicted octanol–water partition coefficient (Wildman–Crippen LogP) is 1.56. The van der Waals surface area contributed by atoms with Crippen LogP contribution in [0.2, 0.25) is 0 Å². The number of esters is 1. The third-order valence-corrected chi connectivity index (χ3v) is 3.89. The number of nitrogens with zero attached hydrogens (tertiary/aromatic N) is 1. The fourth-order valence-corrected chi connectivity index (χ4v) is 2.55. The van der Waals surface area contributed by atoms with Crippen molar-refractivity contribution < 1.29 is 23.8 Å². The number of fused-ring (bicyclic) bond motifs is 1. The maximum absolute atomic E-state index is 12.1. The second kappa shape index (κ2) is 5.25. The largest absolute Gasteiger partial charge is 0.466 e. The van der Waals surface area contributed by atoms with Crippen molar-refractivity contribution in [2.45, 2.75) is 13.0 Å². The van der Waals surface area contributed by atoms with E-state index in [1.54, 1.807) is 32.2 Å². The van der Waals surface area contributed by atoms with Gasteiger partial charge in [-0.25, -0.2) is 9.59 Å². The van der Waals surface area contributed by atoms with Gasteiger partial charge in [-0.2, -0.15) is 0 Å². The molecule has 0 fully saturated rings. The highest BCUT2D eigenvalue weighted by Crippen LogP contribution is 2.37. The first-order chi connectivity index (χ1) is 10.5. The quantitative estimate of drug-likeness (QED) is 0.839. The van der Waals surface area contributed by atoms with Crippen molar-refractivity contribution in [2.75, 3.05) is 21.0 Å². The Kier molecular flexibility index (Phi) is 3.40. The zero-order chi connectivity index (χ0) is 15.9. The van der Waals surface area contributed by atoms with Crippen LogP contribution in [0, 0.1) is 0 Å². The molecule has 0 aromatic heterocycles. The summed E-state index contributed by atoms with van der Waals surface area (Å²) < 4.78 is 15.5. The Balaban J connectivity index is 2.07. The molecule has 0 aliphatic carbocycles. The third kappa shape index (κ3) is 2.14. The van der Waals surface area contributed by atoms with Crippen molar-refractivity contribution in [1.82, 2.24) is 10.2 Å². The number of allylic oxidation sites excluding steroid dienone is 1. The molecule has 7 nitrogen and oxygen atoms in total. The van der Waals surface area contributed by atoms with Crippen molar-refractivity contribution in [3.05, 3.63) is 35.0 Å². The lowest BCUT2D eigenvalue weighted by Gasteiger charge is -2.33. The summed E-state index contributed by atoms with van der Waals surface area (Å²) in [5.41, 5.74) is 1.67. The summed E-state index contributed by atoms with van der Waals surface area (Å²) in [7, 11) is 2.92. The highest BCUT2D eigenvalue weighted by molar-refractivity contribution is 5.94. The summed E-state index contributed by atoms with van der Waals surface area (Å²) >= 11 is 0. The van der Waals surface area contributed by atoms with E-state index in [-0.39, 0.29) is 12.8 Å². The van der Waals surface area contributed by atoms with Gasteiger partial charge in [0.15, 0.2) is 11.5 Å². The van der Waals surface area contributed by atoms with Crippen LogP contribution in [0.25, 0.3) is 0 Å². The second-order valence-electron chi connectivity index (χ2n) is 5.04. The number of nitrogens with one attached hydrogen (secondary N) is 1. The summed E-state index contributed by atoms with van der Waals surface area (Å²) in [5, 5.41) is 2.80. The molecule has 0 bridgehead atoms. The van der Waals surface area contributed by atoms with Gasteiger partial charge in [0.2, 0.25) is 6.79 Å². The molecule has 0 saturated carbocycles. The molecule has 1 aromatic rings. The van der Waals surface area contributed by atoms with Crippen LogP contribution >= 0.6 is 0 Å². The molecule has 0 radical (unpaired) electrons. The highest BCUT2D eigenvalue weighted by atomic mass is 16.7. The summed E-state index contributed by atoms with van der Waals surface area (Å²) in [6.45, 7) is 1.88. The number of rotatable bonds is 2. The van der Waals surface area contributed by atoms with E-state index in [9.17, 15) is 9.59 Å². The van der Waals surface area contributed by atoms with E-state index in [4.69, 9.17) is 14.2 Å². The van der Waals surface area contributed by atoms with Gasteiger partial charge in [0.25, 0.3) is 0 Å². The first-order valence-corrected chi connectivity index (χ1v) is 6.75. The van der Waals surface area contributed by atoms with Gasteiger partial charge in [0.1, 0.15) is 0 Å². The van der Waals surface area contributed by atoms with Crippen molar-refractivity contribution in [3.8, 4) is 11.5 Å². The molecule has 2 aliphatic rings. The first-order valence-electron chi connectivity index (χ1n) is 6.75. The topological polar surface area (TPSA) is 77.1 Å². The molecular weight excluding hydrogens is 288 g/mol. The minimum Gasteiger partial charge on any atom is -0.466 e. The molecule has 2 aliphatic heterocycles. The van der Waals surface area contributed by atoms with Crippen molar-refractivity contribution >= 4 is 12.0 Å². The summed E-state index contributed by atoms with van der Waals surface area (Å²) in [6, 6.07) is 4.43. The van der Waals surface area contributed by atoms with E-state index in [1.807, 2.05) is 0 Å². The molecule has 0 saturated heterocycles. The minimum atomic E-state index is -0.592. The molecule has 116 valence electrons. The van der Waals surface area contributed by atoms with E-state index in [0.29, 0.717) is 22.8 Å². The van der Waals surface area contributed by atoms with Crippen LogP contribution in [0.5, 0.6) is 11.5 Å². The molecule has 22 heavy (non-hydrogen) atoms. The number of carbonyl (C=O) groups is 2. The smallest absolute Gasteiger partial charge is 0.337 e. The Morgan fingerprint density at radius 2 is 2.09 bits per heavy atom. The fraction of sp³-hybridized carbons (Fsp3) is 0.333. The Bertz CT molecular complexity index is 683. The van der Waals surface area contributed by atoms with Crippen LogP contribution in [-0.4, -0.2) is 37.9 Å². The first kappa shape index (κ1) is 14.2. The van der Waals surface area contributed by atoms with Crippen LogP contribution < -0.4 is 14.8 Å². The zero-order valence-corrected chi connectivity index (χ0v) is 12.5. The van der Waals surface area contributed by atoms with Crippen LogP contribution in [-0.2, 0) is 9.53 Å². The van der Waals surface area contributed by atoms with E-state index in [0.717, 1.165) is 5.56 Å². The lowest BCUT2D eigenvalue weighted by Crippen LogP contribution is -2.46. The SMILES string of the molecule is COC(=O)C1=C(C)N(C)C(=O)N[C@H]1c1ccc2c(c1)OCO2. The molecular formula is C15H16N2O5. The Morgan fingerprint density at radius 1 is 1.36 bits per heavy atom. The minimum absolute atomic E-state index is 0.164. The maximum Gasteiger partial charge on any atom is 0.337 e. The number of amides is 2. The van der Waals surface area contributed by atoms with Gasteiger partial charge in [0, 0.05) is 12.7 Å². The van der Waals surface area contributed by atoms with Crippen LogP contribution in [0.1, 0.15) is 18.5 Å². The summed E-state index contributed by atoms with van der Waals surface area (Å²) in [5.74, 6) is 0.753. The molecule has 2 amide bonds. The standard InChI is InChI=1S/C15H16N2O5/c1-8-12(14(18)20-3)13(16-15(19)17(8)2)9-4-5-10-11(6-9)22-7-21-10/h4-6,13H,7H2,1-3H3,(H,16,19)/t13-/m0/s1. The zero-order valence-electron chi connectivity index (χ0n) is 12.5. The summed E-state index contributed by atoms with van der Waals surface area (Å²) in [6.07, 6.45) is 0. The van der Waals surface area contributed by atoms with Crippen LogP contribution in [0.3, 0.4) is 0 Å². The molecule has 1 atom stereocenters. The average molecular weight is 304 g/mol. The van der Waals surface area contributed by atoms with Gasteiger partial charge < -0.3 is 24.4 Å². The molecule has 7 heteroatoms. The van der Waals surface area contributed by atoms with Crippen molar-refractivity contribution in [3.63, 3.8) is 0 Å². The number of methoxy groups -OCH3 is 1. The number of urea groups is 1. The Morgan fingerprint density at radius 3 is 2.82 bits per heavy atom. The molecule has 1 aromatic carbocycles. The monoisotopic (exact) mass is 304 g/mol. The van der Waals surface area contributed by atoms with E-state index in [2.05, 4.69) is 5.32 Å². The van der Waals surface area contributed by atoms with Crippen LogP contribution in [0.15, 0.2) is 29.5 Å². The number of hydrogen-bond acceptors (Lipinski definition) is 5. The van der Waals surface area contributed by atoms with Gasteiger partial charge in [-0.3, -0.25) is 0 Å². The van der Waals surface area contributed by atoms with E-state index < -0.39 is 12.0 Å². The molecule has 3 rings (SSSR count). The molecule has 0 unspecified atom stereocenters. The molecule has 1 N–H and O–H groups in total. The van der Waals surface area contributed by atoms with Crippen LogP contribution in [0.4, 0.5) is 4.79 Å². The normalized spacial score (nSPS) is 20.0. The Hall–Kier alpha value is -2.70. The predicted molar refractivity (Wildman–Crippen MR) is 76.3 cm³/mol. The van der Waals surface area contributed by atoms with Gasteiger partial charge in [-0.1, -0.05) is 6.07 Å². The number of ether oxygens (including phenoxy) is 3. The Labute approximate surface area is 127 Å². The lowest BCUT2D eigenvalue weighted by molar-refractivity contribution is -0.136. The number of benzene rings is 1. The maximum atomic E-state index is 12.1. The third-order valence-electron chi connectivity index (χ3n) is 3.89. The lowest BCUT2D eigenvalue weighted by atomic mass is 9.95. The van der Waals surface area contributed by atoms with Gasteiger partial charge in [-0.15, -0.1) is 0 Å². The number of carbonyl (C=O) groups excluding carboxylic acids is 2. The van der Waals surface area contributed by atoms with E-state index >= 15 is 0 Å². The second-order valence-corrected chi connectivity index (χ2v) is 5.04.